The lowest BCUT2D eigenvalue weighted by Crippen LogP contribution is -2.06. The molecule has 6 nitrogen and oxygen atoms in total. The van der Waals surface area contributed by atoms with Crippen LogP contribution >= 0.6 is 0 Å². The number of furan rings is 1. The molecule has 100 valence electrons. The summed E-state index contributed by atoms with van der Waals surface area (Å²) >= 11 is 0. The van der Waals surface area contributed by atoms with E-state index in [2.05, 4.69) is 5.32 Å². The van der Waals surface area contributed by atoms with Gasteiger partial charge in [-0.15, -0.1) is 0 Å². The molecule has 0 atom stereocenters. The summed E-state index contributed by atoms with van der Waals surface area (Å²) in [6.45, 7) is 1.38. The molecule has 1 heterocycles. The molecule has 1 amide bonds. The third kappa shape index (κ3) is 1.78. The van der Waals surface area contributed by atoms with Crippen LogP contribution in [0.2, 0.25) is 0 Å². The van der Waals surface area contributed by atoms with E-state index in [-0.39, 0.29) is 17.2 Å². The Morgan fingerprint density at radius 3 is 2.70 bits per heavy atom. The average Bonchev–Trinajstić information content (AvgIpc) is 2.77. The predicted molar refractivity (Wildman–Crippen MR) is 74.7 cm³/mol. The molecule has 0 radical (unpaired) electrons. The van der Waals surface area contributed by atoms with Crippen LogP contribution < -0.4 is 5.32 Å². The highest BCUT2D eigenvalue weighted by molar-refractivity contribution is 6.16. The van der Waals surface area contributed by atoms with Crippen molar-refractivity contribution in [2.75, 3.05) is 5.32 Å². The number of hydrogen-bond donors (Lipinski definition) is 1. The molecular weight excluding hydrogens is 260 g/mol. The molecule has 0 spiro atoms. The number of carbonyl (C=O) groups excluding carboxylic acids is 1. The largest absolute Gasteiger partial charge is 0.449 e. The number of rotatable bonds is 2. The number of carbonyl (C=O) groups is 1. The molecule has 0 aliphatic heterocycles. The monoisotopic (exact) mass is 270 g/mol. The topological polar surface area (TPSA) is 85.4 Å². The molecule has 1 aromatic heterocycles. The molecule has 1 N–H and O–H groups in total. The fourth-order valence-electron chi connectivity index (χ4n) is 2.25. The van der Waals surface area contributed by atoms with Gasteiger partial charge in [0.1, 0.15) is 5.58 Å². The Balaban J connectivity index is 2.45. The zero-order valence-electron chi connectivity index (χ0n) is 10.5. The van der Waals surface area contributed by atoms with Gasteiger partial charge in [-0.2, -0.15) is 0 Å². The van der Waals surface area contributed by atoms with Crippen molar-refractivity contribution in [1.82, 2.24) is 0 Å². The second-order valence-corrected chi connectivity index (χ2v) is 4.37. The third-order valence-corrected chi connectivity index (χ3v) is 3.01. The number of nitrogens with zero attached hydrogens (tertiary/aromatic N) is 1. The SMILES string of the molecule is CC(=O)Nc1ccc([N+](=O)[O-])c2oc3ccccc3c12. The van der Waals surface area contributed by atoms with Crippen molar-refractivity contribution in [1.29, 1.82) is 0 Å². The third-order valence-electron chi connectivity index (χ3n) is 3.01. The minimum atomic E-state index is -0.498. The first kappa shape index (κ1) is 12.2. The molecule has 0 aliphatic rings. The molecule has 0 bridgehead atoms. The molecule has 0 fully saturated rings. The van der Waals surface area contributed by atoms with E-state index >= 15 is 0 Å². The van der Waals surface area contributed by atoms with Crippen molar-refractivity contribution in [2.45, 2.75) is 6.92 Å². The van der Waals surface area contributed by atoms with Crippen LogP contribution in [-0.4, -0.2) is 10.8 Å². The van der Waals surface area contributed by atoms with E-state index in [1.165, 1.54) is 19.1 Å². The summed E-state index contributed by atoms with van der Waals surface area (Å²) in [6, 6.07) is 9.98. The van der Waals surface area contributed by atoms with Gasteiger partial charge < -0.3 is 9.73 Å². The lowest BCUT2D eigenvalue weighted by Gasteiger charge is -2.03. The lowest BCUT2D eigenvalue weighted by atomic mass is 10.1. The summed E-state index contributed by atoms with van der Waals surface area (Å²) in [5.41, 5.74) is 1.10. The van der Waals surface area contributed by atoms with Crippen LogP contribution in [0.4, 0.5) is 11.4 Å². The highest BCUT2D eigenvalue weighted by atomic mass is 16.6. The van der Waals surface area contributed by atoms with Gasteiger partial charge in [0.25, 0.3) is 0 Å². The maximum absolute atomic E-state index is 11.3. The molecule has 20 heavy (non-hydrogen) atoms. The minimum absolute atomic E-state index is 0.120. The standard InChI is InChI=1S/C14H10N2O4/c1-8(17)15-10-6-7-11(16(18)19)14-13(10)9-4-2-3-5-12(9)20-14/h2-7H,1H3,(H,15,17). The molecule has 0 saturated heterocycles. The first-order valence-corrected chi connectivity index (χ1v) is 5.94. The van der Waals surface area contributed by atoms with Crippen LogP contribution in [0.15, 0.2) is 40.8 Å². The van der Waals surface area contributed by atoms with Crippen molar-refractivity contribution < 1.29 is 14.1 Å². The zero-order valence-corrected chi connectivity index (χ0v) is 10.5. The van der Waals surface area contributed by atoms with E-state index in [0.29, 0.717) is 16.7 Å². The normalized spacial score (nSPS) is 10.8. The highest BCUT2D eigenvalue weighted by Crippen LogP contribution is 2.39. The lowest BCUT2D eigenvalue weighted by molar-refractivity contribution is -0.383. The molecule has 6 heteroatoms. The summed E-state index contributed by atoms with van der Waals surface area (Å²) in [4.78, 5) is 21.8. The number of nitrogens with one attached hydrogen (secondary N) is 1. The van der Waals surface area contributed by atoms with E-state index in [1.54, 1.807) is 18.2 Å². The van der Waals surface area contributed by atoms with Crippen molar-refractivity contribution in [3.63, 3.8) is 0 Å². The van der Waals surface area contributed by atoms with Crippen LogP contribution in [0.5, 0.6) is 0 Å². The van der Waals surface area contributed by atoms with Crippen LogP contribution in [0.1, 0.15) is 6.92 Å². The first-order valence-electron chi connectivity index (χ1n) is 5.94. The van der Waals surface area contributed by atoms with Gasteiger partial charge >= 0.3 is 5.69 Å². The first-order chi connectivity index (χ1) is 9.58. The quantitative estimate of drug-likeness (QED) is 0.570. The Hall–Kier alpha value is -2.89. The predicted octanol–water partition coefficient (Wildman–Crippen LogP) is 3.45. The summed E-state index contributed by atoms with van der Waals surface area (Å²) in [5, 5.41) is 15.0. The van der Waals surface area contributed by atoms with Gasteiger partial charge in [-0.1, -0.05) is 18.2 Å². The van der Waals surface area contributed by atoms with Gasteiger partial charge in [-0.05, 0) is 12.1 Å². The fraction of sp³-hybridized carbons (Fsp3) is 0.0714. The molecule has 3 rings (SSSR count). The Morgan fingerprint density at radius 2 is 2.00 bits per heavy atom. The molecule has 0 unspecified atom stereocenters. The minimum Gasteiger partial charge on any atom is -0.449 e. The number of benzene rings is 2. The average molecular weight is 270 g/mol. The summed E-state index contributed by atoms with van der Waals surface area (Å²) in [5.74, 6) is -0.245. The van der Waals surface area contributed by atoms with Gasteiger partial charge in [-0.3, -0.25) is 14.9 Å². The van der Waals surface area contributed by atoms with Gasteiger partial charge in [0, 0.05) is 18.4 Å². The summed E-state index contributed by atoms with van der Waals surface area (Å²) < 4.78 is 5.57. The molecule has 2 aromatic carbocycles. The maximum Gasteiger partial charge on any atom is 0.312 e. The molecule has 3 aromatic rings. The fourth-order valence-corrected chi connectivity index (χ4v) is 2.25. The number of non-ortho nitro benzene ring substituents is 1. The number of hydrogen-bond acceptors (Lipinski definition) is 4. The maximum atomic E-state index is 11.3. The number of fused-ring (bicyclic) bond motifs is 3. The van der Waals surface area contributed by atoms with Crippen molar-refractivity contribution in [2.24, 2.45) is 0 Å². The zero-order chi connectivity index (χ0) is 14.3. The summed E-state index contributed by atoms with van der Waals surface area (Å²) in [6.07, 6.45) is 0. The van der Waals surface area contributed by atoms with E-state index < -0.39 is 4.92 Å². The number of nitro benzene ring substituents is 1. The van der Waals surface area contributed by atoms with Crippen molar-refractivity contribution in [3.05, 3.63) is 46.5 Å². The van der Waals surface area contributed by atoms with Gasteiger partial charge in [0.05, 0.1) is 16.0 Å². The Bertz CT molecular complexity index is 851. The number of amides is 1. The van der Waals surface area contributed by atoms with Gasteiger partial charge in [-0.25, -0.2) is 0 Å². The summed E-state index contributed by atoms with van der Waals surface area (Å²) in [7, 11) is 0. The van der Waals surface area contributed by atoms with E-state index in [1.807, 2.05) is 6.07 Å². The van der Waals surface area contributed by atoms with E-state index in [0.717, 1.165) is 5.39 Å². The van der Waals surface area contributed by atoms with Crippen molar-refractivity contribution >= 4 is 39.2 Å². The highest BCUT2D eigenvalue weighted by Gasteiger charge is 2.21. The Labute approximate surface area is 113 Å². The van der Waals surface area contributed by atoms with Crippen molar-refractivity contribution in [3.8, 4) is 0 Å². The number of para-hydroxylation sites is 1. The van der Waals surface area contributed by atoms with Crippen LogP contribution in [0.25, 0.3) is 21.9 Å². The van der Waals surface area contributed by atoms with Crippen LogP contribution in [-0.2, 0) is 4.79 Å². The molecular formula is C14H10N2O4. The van der Waals surface area contributed by atoms with Gasteiger partial charge in [0.15, 0.2) is 0 Å². The van der Waals surface area contributed by atoms with Crippen LogP contribution in [0.3, 0.4) is 0 Å². The number of anilines is 1. The smallest absolute Gasteiger partial charge is 0.312 e. The van der Waals surface area contributed by atoms with Gasteiger partial charge in [0.2, 0.25) is 11.5 Å². The Kier molecular flexibility index (Phi) is 2.64. The van der Waals surface area contributed by atoms with E-state index in [4.69, 9.17) is 4.42 Å². The van der Waals surface area contributed by atoms with E-state index in [9.17, 15) is 14.9 Å². The number of nitro groups is 1. The Morgan fingerprint density at radius 1 is 1.25 bits per heavy atom. The molecule has 0 saturated carbocycles. The second-order valence-electron chi connectivity index (χ2n) is 4.37. The van der Waals surface area contributed by atoms with Crippen LogP contribution in [0, 0.1) is 10.1 Å². The molecule has 0 aliphatic carbocycles. The second kappa shape index (κ2) is 4.34.